The first-order valence-corrected chi connectivity index (χ1v) is 7.18. The van der Waals surface area contributed by atoms with E-state index in [1.807, 2.05) is 32.9 Å². The molecule has 2 rings (SSSR count). The zero-order valence-electron chi connectivity index (χ0n) is 13.1. The molecule has 1 amide bonds. The summed E-state index contributed by atoms with van der Waals surface area (Å²) in [6, 6.07) is 10.0. The van der Waals surface area contributed by atoms with Gasteiger partial charge in [-0.2, -0.15) is 0 Å². The Labute approximate surface area is 130 Å². The van der Waals surface area contributed by atoms with Crippen molar-refractivity contribution in [2.24, 2.45) is 0 Å². The number of ether oxygens (including phenoxy) is 1. The average Bonchev–Trinajstić information content (AvgIpc) is 2.50. The van der Waals surface area contributed by atoms with Gasteiger partial charge in [0, 0.05) is 6.54 Å². The van der Waals surface area contributed by atoms with E-state index in [0.717, 1.165) is 28.0 Å². The summed E-state index contributed by atoms with van der Waals surface area (Å²) < 4.78 is 18.4. The molecule has 0 bridgehead atoms. The number of halogens is 1. The second-order valence-electron chi connectivity index (χ2n) is 5.35. The second-order valence-corrected chi connectivity index (χ2v) is 5.35. The van der Waals surface area contributed by atoms with Gasteiger partial charge in [-0.15, -0.1) is 0 Å². The molecule has 0 aliphatic heterocycles. The van der Waals surface area contributed by atoms with Gasteiger partial charge in [-0.1, -0.05) is 24.3 Å². The number of amides is 1. The zero-order valence-corrected chi connectivity index (χ0v) is 13.1. The first-order chi connectivity index (χ1) is 10.5. The number of benzene rings is 2. The Morgan fingerprint density at radius 1 is 1.05 bits per heavy atom. The summed E-state index contributed by atoms with van der Waals surface area (Å²) in [4.78, 5) is 11.9. The number of aryl methyl sites for hydroxylation is 2. The molecule has 0 fully saturated rings. The van der Waals surface area contributed by atoms with Gasteiger partial charge in [-0.3, -0.25) is 4.79 Å². The predicted molar refractivity (Wildman–Crippen MR) is 84.4 cm³/mol. The van der Waals surface area contributed by atoms with Gasteiger partial charge in [0.2, 0.25) is 0 Å². The number of carbonyl (C=O) groups excluding carboxylic acids is 1. The van der Waals surface area contributed by atoms with Crippen LogP contribution in [0.3, 0.4) is 0 Å². The van der Waals surface area contributed by atoms with Crippen LogP contribution in [0.5, 0.6) is 5.75 Å². The van der Waals surface area contributed by atoms with Crippen LogP contribution in [0.15, 0.2) is 36.4 Å². The molecule has 0 spiro atoms. The van der Waals surface area contributed by atoms with Crippen LogP contribution in [-0.2, 0) is 11.3 Å². The average molecular weight is 301 g/mol. The summed E-state index contributed by atoms with van der Waals surface area (Å²) in [7, 11) is 0. The molecular formula is C18H20FNO2. The number of carbonyl (C=O) groups is 1. The standard InChI is InChI=1S/C18H20FNO2/c1-12-4-5-13(2)18(14(12)3)22-11-17(21)20-10-15-6-8-16(19)9-7-15/h4-9H,10-11H2,1-3H3,(H,20,21). The molecular weight excluding hydrogens is 281 g/mol. The quantitative estimate of drug-likeness (QED) is 0.918. The Morgan fingerprint density at radius 3 is 2.36 bits per heavy atom. The molecule has 0 saturated carbocycles. The van der Waals surface area contributed by atoms with E-state index >= 15 is 0 Å². The van der Waals surface area contributed by atoms with Crippen LogP contribution in [0, 0.1) is 26.6 Å². The minimum absolute atomic E-state index is 0.0354. The van der Waals surface area contributed by atoms with Crippen LogP contribution in [-0.4, -0.2) is 12.5 Å². The SMILES string of the molecule is Cc1ccc(C)c(OCC(=O)NCc2ccc(F)cc2)c1C. The largest absolute Gasteiger partial charge is 0.483 e. The Balaban J connectivity index is 1.88. The van der Waals surface area contributed by atoms with E-state index in [2.05, 4.69) is 5.32 Å². The number of nitrogens with one attached hydrogen (secondary N) is 1. The first-order valence-electron chi connectivity index (χ1n) is 7.18. The highest BCUT2D eigenvalue weighted by molar-refractivity contribution is 5.77. The van der Waals surface area contributed by atoms with E-state index in [1.165, 1.54) is 12.1 Å². The molecule has 0 unspecified atom stereocenters. The molecule has 0 aliphatic carbocycles. The third-order valence-corrected chi connectivity index (χ3v) is 3.62. The van der Waals surface area contributed by atoms with Crippen molar-refractivity contribution in [1.29, 1.82) is 0 Å². The summed E-state index contributed by atoms with van der Waals surface area (Å²) in [6.07, 6.45) is 0. The summed E-state index contributed by atoms with van der Waals surface area (Å²) in [5, 5.41) is 2.76. The highest BCUT2D eigenvalue weighted by Crippen LogP contribution is 2.25. The van der Waals surface area contributed by atoms with Gasteiger partial charge in [0.15, 0.2) is 6.61 Å². The van der Waals surface area contributed by atoms with E-state index in [-0.39, 0.29) is 18.3 Å². The van der Waals surface area contributed by atoms with Gasteiger partial charge >= 0.3 is 0 Å². The third-order valence-electron chi connectivity index (χ3n) is 3.62. The third kappa shape index (κ3) is 4.07. The van der Waals surface area contributed by atoms with E-state index in [0.29, 0.717) is 6.54 Å². The lowest BCUT2D eigenvalue weighted by atomic mass is 10.1. The summed E-state index contributed by atoms with van der Waals surface area (Å²) in [6.45, 7) is 6.27. The van der Waals surface area contributed by atoms with Gasteiger partial charge in [0.05, 0.1) is 0 Å². The lowest BCUT2D eigenvalue weighted by Gasteiger charge is -2.14. The van der Waals surface area contributed by atoms with Crippen molar-refractivity contribution in [2.75, 3.05) is 6.61 Å². The van der Waals surface area contributed by atoms with Crippen molar-refractivity contribution < 1.29 is 13.9 Å². The Morgan fingerprint density at radius 2 is 1.68 bits per heavy atom. The van der Waals surface area contributed by atoms with Crippen LogP contribution in [0.25, 0.3) is 0 Å². The molecule has 0 aliphatic rings. The van der Waals surface area contributed by atoms with E-state index in [9.17, 15) is 9.18 Å². The predicted octanol–water partition coefficient (Wildman–Crippen LogP) is 3.45. The summed E-state index contributed by atoms with van der Waals surface area (Å²) in [5.74, 6) is 0.269. The van der Waals surface area contributed by atoms with Crippen LogP contribution < -0.4 is 10.1 Å². The van der Waals surface area contributed by atoms with Gasteiger partial charge in [0.1, 0.15) is 11.6 Å². The maximum Gasteiger partial charge on any atom is 0.258 e. The maximum atomic E-state index is 12.8. The lowest BCUT2D eigenvalue weighted by molar-refractivity contribution is -0.123. The Kier molecular flexibility index (Phi) is 5.15. The Bertz CT molecular complexity index is 666. The summed E-state index contributed by atoms with van der Waals surface area (Å²) in [5.41, 5.74) is 4.03. The molecule has 0 aromatic heterocycles. The smallest absolute Gasteiger partial charge is 0.258 e. The number of hydrogen-bond donors (Lipinski definition) is 1. The molecule has 22 heavy (non-hydrogen) atoms. The summed E-state index contributed by atoms with van der Waals surface area (Å²) >= 11 is 0. The molecule has 0 atom stereocenters. The van der Waals surface area contributed by atoms with Crippen LogP contribution in [0.1, 0.15) is 22.3 Å². The highest BCUT2D eigenvalue weighted by Gasteiger charge is 2.09. The van der Waals surface area contributed by atoms with Gasteiger partial charge in [-0.05, 0) is 55.2 Å². The van der Waals surface area contributed by atoms with Crippen molar-refractivity contribution in [3.8, 4) is 5.75 Å². The van der Waals surface area contributed by atoms with Crippen molar-refractivity contribution in [2.45, 2.75) is 27.3 Å². The lowest BCUT2D eigenvalue weighted by Crippen LogP contribution is -2.28. The monoisotopic (exact) mass is 301 g/mol. The van der Waals surface area contributed by atoms with Crippen molar-refractivity contribution in [3.63, 3.8) is 0 Å². The fourth-order valence-corrected chi connectivity index (χ4v) is 2.14. The van der Waals surface area contributed by atoms with E-state index in [4.69, 9.17) is 4.74 Å². The molecule has 0 radical (unpaired) electrons. The second kappa shape index (κ2) is 7.07. The fourth-order valence-electron chi connectivity index (χ4n) is 2.14. The molecule has 116 valence electrons. The minimum Gasteiger partial charge on any atom is -0.483 e. The van der Waals surface area contributed by atoms with Gasteiger partial charge in [-0.25, -0.2) is 4.39 Å². The van der Waals surface area contributed by atoms with Crippen molar-refractivity contribution in [1.82, 2.24) is 5.32 Å². The van der Waals surface area contributed by atoms with Gasteiger partial charge in [0.25, 0.3) is 5.91 Å². The number of hydrogen-bond acceptors (Lipinski definition) is 2. The normalized spacial score (nSPS) is 10.4. The molecule has 3 nitrogen and oxygen atoms in total. The Hall–Kier alpha value is -2.36. The van der Waals surface area contributed by atoms with Gasteiger partial charge < -0.3 is 10.1 Å². The van der Waals surface area contributed by atoms with Crippen LogP contribution in [0.4, 0.5) is 4.39 Å². The molecule has 0 heterocycles. The van der Waals surface area contributed by atoms with Crippen LogP contribution in [0.2, 0.25) is 0 Å². The fraction of sp³-hybridized carbons (Fsp3) is 0.278. The van der Waals surface area contributed by atoms with E-state index < -0.39 is 0 Å². The molecule has 4 heteroatoms. The topological polar surface area (TPSA) is 38.3 Å². The van der Waals surface area contributed by atoms with E-state index in [1.54, 1.807) is 12.1 Å². The highest BCUT2D eigenvalue weighted by atomic mass is 19.1. The maximum absolute atomic E-state index is 12.8. The molecule has 0 saturated heterocycles. The molecule has 1 N–H and O–H groups in total. The van der Waals surface area contributed by atoms with Crippen molar-refractivity contribution in [3.05, 3.63) is 64.5 Å². The number of rotatable bonds is 5. The molecule has 2 aromatic rings. The van der Waals surface area contributed by atoms with Crippen molar-refractivity contribution >= 4 is 5.91 Å². The minimum atomic E-state index is -0.288. The zero-order chi connectivity index (χ0) is 16.1. The molecule has 2 aromatic carbocycles. The first kappa shape index (κ1) is 16.0. The van der Waals surface area contributed by atoms with Crippen LogP contribution >= 0.6 is 0 Å².